The lowest BCUT2D eigenvalue weighted by atomic mass is 9.98. The van der Waals surface area contributed by atoms with Gasteiger partial charge in [0.05, 0.1) is 12.2 Å². The predicted molar refractivity (Wildman–Crippen MR) is 92.2 cm³/mol. The van der Waals surface area contributed by atoms with Gasteiger partial charge >= 0.3 is 0 Å². The molecule has 0 radical (unpaired) electrons. The molecule has 1 N–H and O–H groups in total. The Labute approximate surface area is 144 Å². The highest BCUT2D eigenvalue weighted by molar-refractivity contribution is 6.30. The van der Waals surface area contributed by atoms with E-state index < -0.39 is 0 Å². The first-order valence-electron chi connectivity index (χ1n) is 7.82. The summed E-state index contributed by atoms with van der Waals surface area (Å²) in [6.07, 6.45) is 3.47. The van der Waals surface area contributed by atoms with Crippen molar-refractivity contribution in [1.82, 2.24) is 20.1 Å². The van der Waals surface area contributed by atoms with Crippen molar-refractivity contribution < 1.29 is 4.39 Å². The quantitative estimate of drug-likeness (QED) is 0.768. The molecule has 3 aromatic rings. The van der Waals surface area contributed by atoms with Crippen molar-refractivity contribution in [2.24, 2.45) is 0 Å². The normalized spacial score (nSPS) is 16.9. The first kappa shape index (κ1) is 15.3. The predicted octanol–water partition coefficient (Wildman–Crippen LogP) is 3.90. The number of halogens is 2. The van der Waals surface area contributed by atoms with Gasteiger partial charge in [-0.05, 0) is 42.8 Å². The Hall–Kier alpha value is -2.24. The van der Waals surface area contributed by atoms with Crippen molar-refractivity contribution >= 4 is 11.6 Å². The average Bonchev–Trinajstić information content (AvgIpc) is 2.93. The van der Waals surface area contributed by atoms with E-state index in [-0.39, 0.29) is 5.82 Å². The van der Waals surface area contributed by atoms with Crippen molar-refractivity contribution in [2.75, 3.05) is 0 Å². The van der Waals surface area contributed by atoms with E-state index in [1.165, 1.54) is 6.07 Å². The molecule has 1 aromatic carbocycles. The van der Waals surface area contributed by atoms with Crippen LogP contribution in [0, 0.1) is 5.82 Å². The van der Waals surface area contributed by atoms with Crippen molar-refractivity contribution in [1.29, 1.82) is 0 Å². The minimum absolute atomic E-state index is 0.325. The van der Waals surface area contributed by atoms with Crippen LogP contribution in [0.2, 0.25) is 5.02 Å². The van der Waals surface area contributed by atoms with Gasteiger partial charge in [-0.25, -0.2) is 4.39 Å². The molecule has 0 spiro atoms. The molecule has 1 unspecified atom stereocenters. The van der Waals surface area contributed by atoms with Crippen molar-refractivity contribution in [3.05, 3.63) is 59.3 Å². The molecule has 0 aliphatic carbocycles. The summed E-state index contributed by atoms with van der Waals surface area (Å²) in [6, 6.07) is 8.88. The summed E-state index contributed by atoms with van der Waals surface area (Å²) in [5.41, 5.74) is 4.08. The second-order valence-electron chi connectivity index (χ2n) is 5.99. The van der Waals surface area contributed by atoms with Gasteiger partial charge in [-0.3, -0.25) is 9.67 Å². The lowest BCUT2D eigenvalue weighted by Crippen LogP contribution is -2.36. The van der Waals surface area contributed by atoms with E-state index >= 15 is 0 Å². The summed E-state index contributed by atoms with van der Waals surface area (Å²) in [5.74, 6) is -0.366. The van der Waals surface area contributed by atoms with Gasteiger partial charge in [-0.1, -0.05) is 11.6 Å². The summed E-state index contributed by atoms with van der Waals surface area (Å²) in [6.45, 7) is 3.56. The number of aromatic nitrogens is 3. The van der Waals surface area contributed by atoms with Crippen LogP contribution in [-0.4, -0.2) is 20.8 Å². The van der Waals surface area contributed by atoms with E-state index in [4.69, 9.17) is 16.7 Å². The van der Waals surface area contributed by atoms with E-state index in [0.29, 0.717) is 28.9 Å². The van der Waals surface area contributed by atoms with Gasteiger partial charge in [-0.2, -0.15) is 5.10 Å². The van der Waals surface area contributed by atoms with Gasteiger partial charge in [0.1, 0.15) is 11.5 Å². The van der Waals surface area contributed by atoms with E-state index in [0.717, 1.165) is 23.4 Å². The van der Waals surface area contributed by atoms with E-state index in [1.54, 1.807) is 24.5 Å². The summed E-state index contributed by atoms with van der Waals surface area (Å²) >= 11 is 5.90. The highest BCUT2D eigenvalue weighted by Gasteiger charge is 2.25. The topological polar surface area (TPSA) is 42.7 Å². The molecular formula is C18H16ClFN4. The number of hydrogen-bond acceptors (Lipinski definition) is 3. The van der Waals surface area contributed by atoms with Crippen LogP contribution in [0.4, 0.5) is 4.39 Å². The highest BCUT2D eigenvalue weighted by Crippen LogP contribution is 2.37. The van der Waals surface area contributed by atoms with Gasteiger partial charge in [0.15, 0.2) is 0 Å². The minimum Gasteiger partial charge on any atom is -0.307 e. The van der Waals surface area contributed by atoms with E-state index in [2.05, 4.69) is 17.2 Å². The number of rotatable bonds is 2. The number of hydrogen-bond donors (Lipinski definition) is 1. The average molecular weight is 343 g/mol. The lowest BCUT2D eigenvalue weighted by molar-refractivity contribution is 0.390. The molecular weight excluding hydrogens is 327 g/mol. The maximum atomic E-state index is 14.5. The number of benzene rings is 1. The van der Waals surface area contributed by atoms with Crippen molar-refractivity contribution in [3.8, 4) is 22.4 Å². The largest absolute Gasteiger partial charge is 0.307 e. The Kier molecular flexibility index (Phi) is 3.82. The van der Waals surface area contributed by atoms with Crippen LogP contribution in [0.5, 0.6) is 0 Å². The Morgan fingerprint density at radius 1 is 1.25 bits per heavy atom. The molecule has 0 fully saturated rings. The summed E-state index contributed by atoms with van der Waals surface area (Å²) in [5, 5.41) is 8.53. The molecule has 4 rings (SSSR count). The molecule has 0 amide bonds. The second kappa shape index (κ2) is 6.00. The number of pyridine rings is 1. The Morgan fingerprint density at radius 3 is 2.79 bits per heavy atom. The standard InChI is InChI=1S/C18H16ClFN4/c1-11-10-24-16(9-22-11)17(12-4-6-21-7-5-12)18(23-24)14-3-2-13(19)8-15(14)20/h2-8,11,22H,9-10H2,1H3. The fraction of sp³-hybridized carbons (Fsp3) is 0.222. The second-order valence-corrected chi connectivity index (χ2v) is 6.43. The van der Waals surface area contributed by atoms with Gasteiger partial charge < -0.3 is 5.32 Å². The van der Waals surface area contributed by atoms with Gasteiger partial charge in [-0.15, -0.1) is 0 Å². The third kappa shape index (κ3) is 2.60. The van der Waals surface area contributed by atoms with Crippen LogP contribution in [0.15, 0.2) is 42.7 Å². The maximum absolute atomic E-state index is 14.5. The molecule has 0 saturated carbocycles. The molecule has 3 heterocycles. The third-order valence-corrected chi connectivity index (χ3v) is 4.51. The summed E-state index contributed by atoms with van der Waals surface area (Å²) in [7, 11) is 0. The van der Waals surface area contributed by atoms with Crippen LogP contribution in [-0.2, 0) is 13.1 Å². The van der Waals surface area contributed by atoms with Crippen LogP contribution in [0.25, 0.3) is 22.4 Å². The lowest BCUT2D eigenvalue weighted by Gasteiger charge is -2.22. The fourth-order valence-electron chi connectivity index (χ4n) is 3.11. The number of fused-ring (bicyclic) bond motifs is 1. The molecule has 6 heteroatoms. The molecule has 0 bridgehead atoms. The molecule has 2 aromatic heterocycles. The van der Waals surface area contributed by atoms with Crippen LogP contribution < -0.4 is 5.32 Å². The monoisotopic (exact) mass is 342 g/mol. The third-order valence-electron chi connectivity index (χ3n) is 4.28. The first-order valence-corrected chi connectivity index (χ1v) is 8.20. The number of nitrogens with zero attached hydrogens (tertiary/aromatic N) is 3. The zero-order valence-electron chi connectivity index (χ0n) is 13.1. The first-order chi connectivity index (χ1) is 11.6. The Morgan fingerprint density at radius 2 is 2.04 bits per heavy atom. The van der Waals surface area contributed by atoms with Crippen molar-refractivity contribution in [3.63, 3.8) is 0 Å². The molecule has 24 heavy (non-hydrogen) atoms. The molecule has 1 atom stereocenters. The molecule has 122 valence electrons. The van der Waals surface area contributed by atoms with Gasteiger partial charge in [0.2, 0.25) is 0 Å². The van der Waals surface area contributed by atoms with Crippen LogP contribution in [0.3, 0.4) is 0 Å². The van der Waals surface area contributed by atoms with Crippen LogP contribution >= 0.6 is 11.6 Å². The SMILES string of the molecule is CC1Cn2nc(-c3ccc(Cl)cc3F)c(-c3ccncc3)c2CN1. The Balaban J connectivity index is 1.96. The maximum Gasteiger partial charge on any atom is 0.134 e. The molecule has 0 saturated heterocycles. The molecule has 4 nitrogen and oxygen atoms in total. The highest BCUT2D eigenvalue weighted by atomic mass is 35.5. The number of nitrogens with one attached hydrogen (secondary N) is 1. The zero-order valence-corrected chi connectivity index (χ0v) is 13.9. The zero-order chi connectivity index (χ0) is 16.7. The molecule has 1 aliphatic heterocycles. The van der Waals surface area contributed by atoms with E-state index in [1.807, 2.05) is 16.8 Å². The Bertz CT molecular complexity index is 892. The summed E-state index contributed by atoms with van der Waals surface area (Å²) in [4.78, 5) is 4.08. The van der Waals surface area contributed by atoms with E-state index in [9.17, 15) is 4.39 Å². The van der Waals surface area contributed by atoms with Gasteiger partial charge in [0.25, 0.3) is 0 Å². The smallest absolute Gasteiger partial charge is 0.134 e. The van der Waals surface area contributed by atoms with Gasteiger partial charge in [0, 0.05) is 41.1 Å². The summed E-state index contributed by atoms with van der Waals surface area (Å²) < 4.78 is 16.5. The van der Waals surface area contributed by atoms with Crippen molar-refractivity contribution in [2.45, 2.75) is 26.1 Å². The molecule has 1 aliphatic rings. The van der Waals surface area contributed by atoms with Crippen LogP contribution in [0.1, 0.15) is 12.6 Å². The minimum atomic E-state index is -0.366. The fourth-order valence-corrected chi connectivity index (χ4v) is 3.27.